The molecule has 0 heterocycles. The highest BCUT2D eigenvalue weighted by Gasteiger charge is 2.10. The maximum absolute atomic E-state index is 6.31. The first-order chi connectivity index (χ1) is 10.1. The average Bonchev–Trinajstić information content (AvgIpc) is 2.45. The highest BCUT2D eigenvalue weighted by Crippen LogP contribution is 2.34. The van der Waals surface area contributed by atoms with Crippen molar-refractivity contribution in [2.24, 2.45) is 0 Å². The van der Waals surface area contributed by atoms with Gasteiger partial charge in [-0.25, -0.2) is 0 Å². The van der Waals surface area contributed by atoms with Crippen LogP contribution in [0.3, 0.4) is 0 Å². The standard InChI is InChI=1S/C17H19BrClNO/c1-3-9-20-11-13-15(19)5-4-6-16(13)21-17-8-7-12(2)10-14(17)18/h4-8,10,20H,3,9,11H2,1-2H3. The summed E-state index contributed by atoms with van der Waals surface area (Å²) in [6, 6.07) is 11.8. The SMILES string of the molecule is CCCNCc1c(Cl)cccc1Oc1ccc(C)cc1Br. The van der Waals surface area contributed by atoms with Crippen LogP contribution in [-0.2, 0) is 6.54 Å². The van der Waals surface area contributed by atoms with Gasteiger partial charge in [0.15, 0.2) is 0 Å². The van der Waals surface area contributed by atoms with Crippen LogP contribution >= 0.6 is 27.5 Å². The van der Waals surface area contributed by atoms with E-state index >= 15 is 0 Å². The van der Waals surface area contributed by atoms with E-state index in [2.05, 4.69) is 28.2 Å². The Kier molecular flexibility index (Phi) is 6.09. The molecule has 2 nitrogen and oxygen atoms in total. The highest BCUT2D eigenvalue weighted by atomic mass is 79.9. The van der Waals surface area contributed by atoms with Crippen LogP contribution in [-0.4, -0.2) is 6.54 Å². The Morgan fingerprint density at radius 1 is 1.19 bits per heavy atom. The molecular weight excluding hydrogens is 350 g/mol. The molecule has 2 rings (SSSR count). The van der Waals surface area contributed by atoms with E-state index in [0.717, 1.165) is 39.5 Å². The van der Waals surface area contributed by atoms with Crippen molar-refractivity contribution in [3.8, 4) is 11.5 Å². The molecule has 0 aliphatic heterocycles. The van der Waals surface area contributed by atoms with Gasteiger partial charge in [0.25, 0.3) is 0 Å². The van der Waals surface area contributed by atoms with Gasteiger partial charge in [0, 0.05) is 17.1 Å². The molecule has 0 fully saturated rings. The van der Waals surface area contributed by atoms with Crippen LogP contribution in [0.2, 0.25) is 5.02 Å². The molecule has 0 radical (unpaired) electrons. The Morgan fingerprint density at radius 2 is 2.00 bits per heavy atom. The molecule has 2 aromatic rings. The molecule has 1 N–H and O–H groups in total. The van der Waals surface area contributed by atoms with E-state index in [1.165, 1.54) is 5.56 Å². The Labute approximate surface area is 139 Å². The van der Waals surface area contributed by atoms with E-state index in [0.29, 0.717) is 6.54 Å². The number of benzene rings is 2. The van der Waals surface area contributed by atoms with Gasteiger partial charge in [-0.15, -0.1) is 0 Å². The highest BCUT2D eigenvalue weighted by molar-refractivity contribution is 9.10. The molecule has 0 spiro atoms. The molecule has 112 valence electrons. The molecule has 4 heteroatoms. The maximum Gasteiger partial charge on any atom is 0.141 e. The zero-order valence-electron chi connectivity index (χ0n) is 12.2. The van der Waals surface area contributed by atoms with E-state index in [1.54, 1.807) is 0 Å². The minimum Gasteiger partial charge on any atom is -0.456 e. The van der Waals surface area contributed by atoms with Crippen LogP contribution in [0.1, 0.15) is 24.5 Å². The summed E-state index contributed by atoms with van der Waals surface area (Å²) in [5.74, 6) is 1.58. The van der Waals surface area contributed by atoms with Crippen molar-refractivity contribution >= 4 is 27.5 Å². The van der Waals surface area contributed by atoms with Crippen molar-refractivity contribution in [1.82, 2.24) is 5.32 Å². The Balaban J connectivity index is 2.24. The third kappa shape index (κ3) is 4.47. The molecule has 0 saturated heterocycles. The number of hydrogen-bond acceptors (Lipinski definition) is 2. The van der Waals surface area contributed by atoms with Gasteiger partial charge < -0.3 is 10.1 Å². The lowest BCUT2D eigenvalue weighted by Gasteiger charge is -2.14. The molecule has 0 saturated carbocycles. The first-order valence-corrected chi connectivity index (χ1v) is 8.21. The Morgan fingerprint density at radius 3 is 2.71 bits per heavy atom. The smallest absolute Gasteiger partial charge is 0.141 e. The lowest BCUT2D eigenvalue weighted by Crippen LogP contribution is -2.14. The number of nitrogens with one attached hydrogen (secondary N) is 1. The van der Waals surface area contributed by atoms with E-state index < -0.39 is 0 Å². The second-order valence-electron chi connectivity index (χ2n) is 4.93. The van der Waals surface area contributed by atoms with Crippen LogP contribution in [0.15, 0.2) is 40.9 Å². The molecule has 2 aromatic carbocycles. The topological polar surface area (TPSA) is 21.3 Å². The quantitative estimate of drug-likeness (QED) is 0.660. The Bertz CT molecular complexity index is 616. The summed E-state index contributed by atoms with van der Waals surface area (Å²) in [5.41, 5.74) is 2.17. The summed E-state index contributed by atoms with van der Waals surface area (Å²) in [7, 11) is 0. The fourth-order valence-corrected chi connectivity index (χ4v) is 2.81. The first kappa shape index (κ1) is 16.3. The second kappa shape index (κ2) is 7.83. The van der Waals surface area contributed by atoms with Crippen LogP contribution in [0, 0.1) is 6.92 Å². The van der Waals surface area contributed by atoms with Gasteiger partial charge in [0.2, 0.25) is 0 Å². The monoisotopic (exact) mass is 367 g/mol. The zero-order chi connectivity index (χ0) is 15.2. The summed E-state index contributed by atoms with van der Waals surface area (Å²) >= 11 is 9.85. The number of halogens is 2. The molecule has 0 bridgehead atoms. The number of aryl methyl sites for hydroxylation is 1. The lowest BCUT2D eigenvalue weighted by molar-refractivity contribution is 0.470. The predicted octanol–water partition coefficient (Wildman–Crippen LogP) is 5.70. The summed E-state index contributed by atoms with van der Waals surface area (Å²) in [4.78, 5) is 0. The summed E-state index contributed by atoms with van der Waals surface area (Å²) in [5, 5.41) is 4.09. The zero-order valence-corrected chi connectivity index (χ0v) is 14.6. The normalized spacial score (nSPS) is 10.7. The minimum absolute atomic E-state index is 0.701. The summed E-state index contributed by atoms with van der Waals surface area (Å²) in [6.45, 7) is 5.85. The molecular formula is C17H19BrClNO. The van der Waals surface area contributed by atoms with Crippen molar-refractivity contribution in [3.63, 3.8) is 0 Å². The maximum atomic E-state index is 6.31. The van der Waals surface area contributed by atoms with Crippen LogP contribution in [0.4, 0.5) is 0 Å². The van der Waals surface area contributed by atoms with Crippen LogP contribution < -0.4 is 10.1 Å². The van der Waals surface area contributed by atoms with Crippen molar-refractivity contribution < 1.29 is 4.74 Å². The number of rotatable bonds is 6. The largest absolute Gasteiger partial charge is 0.456 e. The minimum atomic E-state index is 0.701. The number of ether oxygens (including phenoxy) is 1. The van der Waals surface area contributed by atoms with Gasteiger partial charge in [0.1, 0.15) is 11.5 Å². The molecule has 21 heavy (non-hydrogen) atoms. The lowest BCUT2D eigenvalue weighted by atomic mass is 10.2. The Hall–Kier alpha value is -1.03. The molecule has 0 amide bonds. The van der Waals surface area contributed by atoms with Gasteiger partial charge in [0.05, 0.1) is 4.47 Å². The third-order valence-corrected chi connectivity index (χ3v) is 4.09. The van der Waals surface area contributed by atoms with Gasteiger partial charge in [-0.3, -0.25) is 0 Å². The molecule has 0 aliphatic rings. The average molecular weight is 369 g/mol. The molecule has 0 aromatic heterocycles. The van der Waals surface area contributed by atoms with Gasteiger partial charge in [-0.1, -0.05) is 30.7 Å². The summed E-state index contributed by atoms with van der Waals surface area (Å²) < 4.78 is 6.98. The fraction of sp³-hybridized carbons (Fsp3) is 0.294. The third-order valence-electron chi connectivity index (χ3n) is 3.11. The van der Waals surface area contributed by atoms with Gasteiger partial charge >= 0.3 is 0 Å². The van der Waals surface area contributed by atoms with E-state index in [4.69, 9.17) is 16.3 Å². The second-order valence-corrected chi connectivity index (χ2v) is 6.19. The van der Waals surface area contributed by atoms with Crippen molar-refractivity contribution in [1.29, 1.82) is 0 Å². The molecule has 0 unspecified atom stereocenters. The summed E-state index contributed by atoms with van der Waals surface area (Å²) in [6.07, 6.45) is 1.09. The van der Waals surface area contributed by atoms with Crippen LogP contribution in [0.25, 0.3) is 0 Å². The van der Waals surface area contributed by atoms with E-state index in [-0.39, 0.29) is 0 Å². The predicted molar refractivity (Wildman–Crippen MR) is 92.4 cm³/mol. The van der Waals surface area contributed by atoms with Crippen LogP contribution in [0.5, 0.6) is 11.5 Å². The van der Waals surface area contributed by atoms with Crippen molar-refractivity contribution in [2.75, 3.05) is 6.54 Å². The van der Waals surface area contributed by atoms with Crippen molar-refractivity contribution in [2.45, 2.75) is 26.8 Å². The van der Waals surface area contributed by atoms with Gasteiger partial charge in [-0.05, 0) is 65.6 Å². The molecule has 0 atom stereocenters. The number of hydrogen-bond donors (Lipinski definition) is 1. The first-order valence-electron chi connectivity index (χ1n) is 7.04. The van der Waals surface area contributed by atoms with Crippen molar-refractivity contribution in [3.05, 3.63) is 57.0 Å². The fourth-order valence-electron chi connectivity index (χ4n) is 2.00. The van der Waals surface area contributed by atoms with E-state index in [1.807, 2.05) is 43.3 Å². The van der Waals surface area contributed by atoms with E-state index in [9.17, 15) is 0 Å². The van der Waals surface area contributed by atoms with Gasteiger partial charge in [-0.2, -0.15) is 0 Å². The molecule has 0 aliphatic carbocycles.